The van der Waals surface area contributed by atoms with Crippen LogP contribution in [-0.4, -0.2) is 47.0 Å². The van der Waals surface area contributed by atoms with Gasteiger partial charge in [-0.1, -0.05) is 6.92 Å². The van der Waals surface area contributed by atoms with Crippen molar-refractivity contribution >= 4 is 23.1 Å². The van der Waals surface area contributed by atoms with Gasteiger partial charge in [0, 0.05) is 66.9 Å². The second-order valence-electron chi connectivity index (χ2n) is 7.58. The molecule has 2 heterocycles. The van der Waals surface area contributed by atoms with E-state index in [0.717, 1.165) is 55.4 Å². The Hall–Kier alpha value is -4.01. The minimum absolute atomic E-state index is 0.0422. The molecule has 3 aromatic rings. The molecule has 0 saturated carbocycles. The first-order chi connectivity index (χ1) is 15.4. The van der Waals surface area contributed by atoms with Gasteiger partial charge in [-0.05, 0) is 42.8 Å². The maximum atomic E-state index is 11.3. The molecule has 0 spiro atoms. The fraction of sp³-hybridized carbons (Fsp3) is 0.261. The van der Waals surface area contributed by atoms with Crippen LogP contribution in [0.1, 0.15) is 23.0 Å². The van der Waals surface area contributed by atoms with Gasteiger partial charge in [0.25, 0.3) is 5.69 Å². The Labute approximate surface area is 185 Å². The number of hydrogen-bond acceptors (Lipinski definition) is 7. The number of benzene rings is 2. The highest BCUT2D eigenvalue weighted by Gasteiger charge is 2.20. The second-order valence-corrected chi connectivity index (χ2v) is 7.58. The molecule has 2 N–H and O–H groups in total. The topological polar surface area (TPSA) is 118 Å². The summed E-state index contributed by atoms with van der Waals surface area (Å²) in [5.74, 6) is 0.994. The Balaban J connectivity index is 1.51. The van der Waals surface area contributed by atoms with E-state index in [0.29, 0.717) is 11.4 Å². The number of nitrogens with two attached hydrogens (primary N) is 1. The number of carbonyl (C=O) groups excluding carboxylic acids is 1. The highest BCUT2D eigenvalue weighted by molar-refractivity contribution is 5.93. The highest BCUT2D eigenvalue weighted by Crippen LogP contribution is 2.25. The quantitative estimate of drug-likeness (QED) is 0.470. The molecule has 0 aliphatic carbocycles. The first-order valence-electron chi connectivity index (χ1n) is 10.5. The number of carbonyl (C=O) groups is 1. The van der Waals surface area contributed by atoms with Gasteiger partial charge < -0.3 is 15.5 Å². The molecular weight excluding hydrogens is 408 g/mol. The Morgan fingerprint density at radius 1 is 1.00 bits per heavy atom. The molecular formula is C23H24N6O3. The Kier molecular flexibility index (Phi) is 5.98. The lowest BCUT2D eigenvalue weighted by Gasteiger charge is -2.37. The smallest absolute Gasteiger partial charge is 0.269 e. The van der Waals surface area contributed by atoms with Crippen molar-refractivity contribution in [1.29, 1.82) is 0 Å². The summed E-state index contributed by atoms with van der Waals surface area (Å²) in [6.45, 7) is 5.25. The summed E-state index contributed by atoms with van der Waals surface area (Å²) in [4.78, 5) is 35.7. The largest absolute Gasteiger partial charge is 0.368 e. The number of hydrogen-bond donors (Lipinski definition) is 1. The van der Waals surface area contributed by atoms with Gasteiger partial charge >= 0.3 is 0 Å². The Bertz CT molecular complexity index is 1120. The van der Waals surface area contributed by atoms with Crippen molar-refractivity contribution in [3.05, 3.63) is 76.0 Å². The van der Waals surface area contributed by atoms with E-state index in [4.69, 9.17) is 10.7 Å². The lowest BCUT2D eigenvalue weighted by atomic mass is 10.1. The van der Waals surface area contributed by atoms with Crippen molar-refractivity contribution in [3.63, 3.8) is 0 Å². The molecule has 1 aliphatic heterocycles. The highest BCUT2D eigenvalue weighted by atomic mass is 16.6. The molecule has 0 radical (unpaired) electrons. The number of rotatable bonds is 6. The third kappa shape index (κ3) is 4.51. The summed E-state index contributed by atoms with van der Waals surface area (Å²) in [6.07, 6.45) is 0.766. The van der Waals surface area contributed by atoms with Crippen molar-refractivity contribution in [2.75, 3.05) is 36.0 Å². The Morgan fingerprint density at radius 2 is 1.62 bits per heavy atom. The van der Waals surface area contributed by atoms with Crippen LogP contribution in [0.15, 0.2) is 54.6 Å². The maximum Gasteiger partial charge on any atom is 0.269 e. The number of nitrogens with zero attached hydrogens (tertiary/aromatic N) is 5. The van der Waals surface area contributed by atoms with Crippen LogP contribution in [0.25, 0.3) is 11.4 Å². The number of non-ortho nitro benzene ring substituents is 1. The summed E-state index contributed by atoms with van der Waals surface area (Å²) >= 11 is 0. The van der Waals surface area contributed by atoms with Gasteiger partial charge in [0.05, 0.1) is 4.92 Å². The summed E-state index contributed by atoms with van der Waals surface area (Å²) in [7, 11) is 0. The lowest BCUT2D eigenvalue weighted by molar-refractivity contribution is -0.384. The van der Waals surface area contributed by atoms with Gasteiger partial charge in [0.1, 0.15) is 5.82 Å². The zero-order chi connectivity index (χ0) is 22.7. The van der Waals surface area contributed by atoms with Crippen molar-refractivity contribution in [3.8, 4) is 11.4 Å². The number of aromatic nitrogens is 2. The second kappa shape index (κ2) is 9.01. The monoisotopic (exact) mass is 432 g/mol. The minimum atomic E-state index is -0.430. The van der Waals surface area contributed by atoms with E-state index in [9.17, 15) is 14.9 Å². The summed E-state index contributed by atoms with van der Waals surface area (Å²) < 4.78 is 0. The predicted molar refractivity (Wildman–Crippen MR) is 123 cm³/mol. The zero-order valence-electron chi connectivity index (χ0n) is 17.8. The number of anilines is 2. The third-order valence-corrected chi connectivity index (χ3v) is 5.58. The predicted octanol–water partition coefficient (Wildman–Crippen LogP) is 3.04. The van der Waals surface area contributed by atoms with E-state index in [2.05, 4.69) is 14.8 Å². The van der Waals surface area contributed by atoms with Crippen LogP contribution in [0.2, 0.25) is 0 Å². The van der Waals surface area contributed by atoms with Gasteiger partial charge in [-0.25, -0.2) is 9.97 Å². The molecule has 32 heavy (non-hydrogen) atoms. The SMILES string of the molecule is CCc1cc(N2CCN(c3ccc(C(N)=O)cc3)CC2)nc(-c2ccc([N+](=O)[O-])cc2)n1. The minimum Gasteiger partial charge on any atom is -0.368 e. The molecule has 1 amide bonds. The molecule has 2 aromatic carbocycles. The number of primary amides is 1. The average Bonchev–Trinajstić information content (AvgIpc) is 2.84. The van der Waals surface area contributed by atoms with Crippen LogP contribution in [-0.2, 0) is 6.42 Å². The normalized spacial score (nSPS) is 13.8. The van der Waals surface area contributed by atoms with Crippen molar-refractivity contribution in [2.24, 2.45) is 5.73 Å². The van der Waals surface area contributed by atoms with Crippen LogP contribution in [0.3, 0.4) is 0 Å². The van der Waals surface area contributed by atoms with E-state index in [-0.39, 0.29) is 5.69 Å². The van der Waals surface area contributed by atoms with Crippen LogP contribution in [0.4, 0.5) is 17.2 Å². The molecule has 164 valence electrons. The molecule has 1 fully saturated rings. The summed E-state index contributed by atoms with van der Waals surface area (Å²) in [5, 5.41) is 10.9. The molecule has 9 nitrogen and oxygen atoms in total. The first kappa shape index (κ1) is 21.2. The molecule has 0 bridgehead atoms. The average molecular weight is 432 g/mol. The number of nitro benzene ring substituents is 1. The molecule has 4 rings (SSSR count). The van der Waals surface area contributed by atoms with E-state index in [1.807, 2.05) is 25.1 Å². The van der Waals surface area contributed by atoms with Crippen molar-refractivity contribution in [2.45, 2.75) is 13.3 Å². The Morgan fingerprint density at radius 3 is 2.19 bits per heavy atom. The van der Waals surface area contributed by atoms with Crippen LogP contribution < -0.4 is 15.5 Å². The van der Waals surface area contributed by atoms with Gasteiger partial charge in [0.15, 0.2) is 5.82 Å². The molecule has 0 atom stereocenters. The maximum absolute atomic E-state index is 11.3. The molecule has 9 heteroatoms. The van der Waals surface area contributed by atoms with Gasteiger partial charge in [-0.15, -0.1) is 0 Å². The van der Waals surface area contributed by atoms with E-state index in [1.165, 1.54) is 12.1 Å². The molecule has 1 saturated heterocycles. The third-order valence-electron chi connectivity index (χ3n) is 5.58. The van der Waals surface area contributed by atoms with Crippen LogP contribution in [0, 0.1) is 10.1 Å². The van der Waals surface area contributed by atoms with Crippen LogP contribution in [0.5, 0.6) is 0 Å². The standard InChI is InChI=1S/C23H24N6O3/c1-2-18-15-21(26-23(25-18)17-5-9-20(10-6-17)29(31)32)28-13-11-27(12-14-28)19-7-3-16(4-8-19)22(24)30/h3-10,15H,2,11-14H2,1H3,(H2,24,30). The van der Waals surface area contributed by atoms with Gasteiger partial charge in [-0.2, -0.15) is 0 Å². The molecule has 1 aliphatic rings. The van der Waals surface area contributed by atoms with Crippen LogP contribution >= 0.6 is 0 Å². The number of aryl methyl sites for hydroxylation is 1. The lowest BCUT2D eigenvalue weighted by Crippen LogP contribution is -2.47. The summed E-state index contributed by atoms with van der Waals surface area (Å²) in [5.41, 5.74) is 8.59. The van der Waals surface area contributed by atoms with Gasteiger partial charge in [-0.3, -0.25) is 14.9 Å². The van der Waals surface area contributed by atoms with Gasteiger partial charge in [0.2, 0.25) is 5.91 Å². The first-order valence-corrected chi connectivity index (χ1v) is 10.5. The molecule has 0 unspecified atom stereocenters. The summed E-state index contributed by atoms with van der Waals surface area (Å²) in [6, 6.07) is 15.7. The number of nitro groups is 1. The zero-order valence-corrected chi connectivity index (χ0v) is 17.8. The van der Waals surface area contributed by atoms with E-state index >= 15 is 0 Å². The van der Waals surface area contributed by atoms with Crippen molar-refractivity contribution in [1.82, 2.24) is 9.97 Å². The fourth-order valence-electron chi connectivity index (χ4n) is 3.72. The molecule has 1 aromatic heterocycles. The number of amides is 1. The number of piperazine rings is 1. The van der Waals surface area contributed by atoms with Crippen molar-refractivity contribution < 1.29 is 9.72 Å². The van der Waals surface area contributed by atoms with E-state index < -0.39 is 10.8 Å². The van der Waals surface area contributed by atoms with E-state index in [1.54, 1.807) is 24.3 Å². The fourth-order valence-corrected chi connectivity index (χ4v) is 3.72.